The summed E-state index contributed by atoms with van der Waals surface area (Å²) in [4.78, 5) is 26.7. The summed E-state index contributed by atoms with van der Waals surface area (Å²) in [5.41, 5.74) is 3.38. The minimum absolute atomic E-state index is 0.0611. The maximum Gasteiger partial charge on any atom is 0.272 e. The number of hydrogen-bond donors (Lipinski definition) is 1. The second-order valence-electron chi connectivity index (χ2n) is 7.31. The molecular formula is C23H23ClN4O2. The van der Waals surface area contributed by atoms with Gasteiger partial charge in [-0.05, 0) is 36.6 Å². The van der Waals surface area contributed by atoms with Crippen LogP contribution in [0, 0.1) is 0 Å². The number of carbonyl (C=O) groups excluding carboxylic acids is 2. The number of nitrogens with zero attached hydrogens (tertiary/aromatic N) is 3. The van der Waals surface area contributed by atoms with Crippen LogP contribution in [0.2, 0.25) is 5.02 Å². The zero-order valence-electron chi connectivity index (χ0n) is 16.6. The Bertz CT molecular complexity index is 1030. The number of benzene rings is 2. The Kier molecular flexibility index (Phi) is 6.14. The first kappa shape index (κ1) is 20.2. The van der Waals surface area contributed by atoms with Gasteiger partial charge < -0.3 is 10.2 Å². The molecule has 6 nitrogen and oxygen atoms in total. The molecule has 2 heterocycles. The van der Waals surface area contributed by atoms with Crippen LogP contribution in [0.3, 0.4) is 0 Å². The average Bonchev–Trinajstić information content (AvgIpc) is 3.20. The number of aryl methyl sites for hydroxylation is 1. The van der Waals surface area contributed by atoms with Gasteiger partial charge in [0.05, 0.1) is 18.8 Å². The lowest BCUT2D eigenvalue weighted by atomic mass is 10.1. The first-order chi connectivity index (χ1) is 14.6. The van der Waals surface area contributed by atoms with Crippen LogP contribution >= 0.6 is 11.6 Å². The molecule has 4 rings (SSSR count). The molecule has 1 aliphatic rings. The topological polar surface area (TPSA) is 67.2 Å². The van der Waals surface area contributed by atoms with E-state index in [2.05, 4.69) is 22.5 Å². The molecule has 0 radical (unpaired) electrons. The lowest BCUT2D eigenvalue weighted by Crippen LogP contribution is -2.46. The van der Waals surface area contributed by atoms with Gasteiger partial charge in [0.25, 0.3) is 5.91 Å². The molecule has 3 aromatic rings. The Balaban J connectivity index is 1.31. The van der Waals surface area contributed by atoms with Crippen molar-refractivity contribution >= 4 is 23.4 Å². The highest BCUT2D eigenvalue weighted by Crippen LogP contribution is 2.23. The van der Waals surface area contributed by atoms with Gasteiger partial charge >= 0.3 is 0 Å². The van der Waals surface area contributed by atoms with Crippen molar-refractivity contribution in [1.82, 2.24) is 20.0 Å². The highest BCUT2D eigenvalue weighted by Gasteiger charge is 2.28. The van der Waals surface area contributed by atoms with Crippen LogP contribution in [0.25, 0.3) is 11.3 Å². The van der Waals surface area contributed by atoms with Crippen LogP contribution in [-0.2, 0) is 17.8 Å². The van der Waals surface area contributed by atoms with Crippen molar-refractivity contribution < 1.29 is 9.59 Å². The van der Waals surface area contributed by atoms with Gasteiger partial charge in [0.15, 0.2) is 0 Å². The monoisotopic (exact) mass is 422 g/mol. The van der Waals surface area contributed by atoms with Crippen molar-refractivity contribution in [3.8, 4) is 11.3 Å². The van der Waals surface area contributed by atoms with Crippen LogP contribution in [0.5, 0.6) is 0 Å². The highest BCUT2D eigenvalue weighted by molar-refractivity contribution is 6.30. The molecule has 0 atom stereocenters. The average molecular weight is 423 g/mol. The summed E-state index contributed by atoms with van der Waals surface area (Å²) >= 11 is 5.94. The zero-order valence-corrected chi connectivity index (χ0v) is 17.3. The fourth-order valence-corrected chi connectivity index (χ4v) is 3.67. The third kappa shape index (κ3) is 4.71. The van der Waals surface area contributed by atoms with E-state index in [0.717, 1.165) is 24.1 Å². The molecule has 2 amide bonds. The van der Waals surface area contributed by atoms with E-state index in [1.807, 2.05) is 30.3 Å². The standard InChI is InChI=1S/C23H23ClN4O2/c24-19-10-8-18(9-11-19)20-15-21-23(30)27(13-14-28(21)26-20)16-22(29)25-12-4-7-17-5-2-1-3-6-17/h1-3,5-6,8-11,15H,4,7,12-14,16H2,(H,25,29). The third-order valence-electron chi connectivity index (χ3n) is 5.15. The van der Waals surface area contributed by atoms with E-state index < -0.39 is 0 Å². The van der Waals surface area contributed by atoms with Gasteiger partial charge in [0.1, 0.15) is 5.69 Å². The summed E-state index contributed by atoms with van der Waals surface area (Å²) in [6.07, 6.45) is 1.78. The van der Waals surface area contributed by atoms with Crippen molar-refractivity contribution in [2.75, 3.05) is 19.6 Å². The summed E-state index contributed by atoms with van der Waals surface area (Å²) in [6, 6.07) is 19.3. The summed E-state index contributed by atoms with van der Waals surface area (Å²) in [7, 11) is 0. The van der Waals surface area contributed by atoms with Gasteiger partial charge in [-0.1, -0.05) is 54.1 Å². The number of rotatable bonds is 7. The Morgan fingerprint density at radius 2 is 1.83 bits per heavy atom. The van der Waals surface area contributed by atoms with Crippen molar-refractivity contribution in [2.24, 2.45) is 0 Å². The van der Waals surface area contributed by atoms with Gasteiger partial charge in [-0.15, -0.1) is 0 Å². The molecule has 0 saturated carbocycles. The van der Waals surface area contributed by atoms with Gasteiger partial charge in [0.2, 0.25) is 5.91 Å². The second kappa shape index (κ2) is 9.13. The van der Waals surface area contributed by atoms with Gasteiger partial charge in [-0.3, -0.25) is 14.3 Å². The zero-order chi connectivity index (χ0) is 20.9. The van der Waals surface area contributed by atoms with E-state index in [1.54, 1.807) is 27.8 Å². The van der Waals surface area contributed by atoms with E-state index in [9.17, 15) is 9.59 Å². The number of carbonyl (C=O) groups is 2. The minimum Gasteiger partial charge on any atom is -0.355 e. The number of fused-ring (bicyclic) bond motifs is 1. The minimum atomic E-state index is -0.173. The van der Waals surface area contributed by atoms with Crippen molar-refractivity contribution in [2.45, 2.75) is 19.4 Å². The molecule has 1 aliphatic heterocycles. The Hall–Kier alpha value is -3.12. The fourth-order valence-electron chi connectivity index (χ4n) is 3.55. The van der Waals surface area contributed by atoms with E-state index in [0.29, 0.717) is 30.4 Å². The summed E-state index contributed by atoms with van der Waals surface area (Å²) in [5, 5.41) is 8.10. The SMILES string of the molecule is O=C(CN1CCn2nc(-c3ccc(Cl)cc3)cc2C1=O)NCCCc1ccccc1. The number of amides is 2. The van der Waals surface area contributed by atoms with E-state index >= 15 is 0 Å². The maximum atomic E-state index is 12.8. The Morgan fingerprint density at radius 3 is 2.60 bits per heavy atom. The summed E-state index contributed by atoms with van der Waals surface area (Å²) < 4.78 is 1.71. The molecule has 2 aromatic carbocycles. The number of nitrogens with one attached hydrogen (secondary N) is 1. The molecular weight excluding hydrogens is 400 g/mol. The molecule has 30 heavy (non-hydrogen) atoms. The predicted octanol–water partition coefficient (Wildman–Crippen LogP) is 3.41. The van der Waals surface area contributed by atoms with Crippen LogP contribution in [0.15, 0.2) is 60.7 Å². The quantitative estimate of drug-likeness (QED) is 0.593. The molecule has 0 unspecified atom stereocenters. The van der Waals surface area contributed by atoms with Crippen molar-refractivity contribution in [1.29, 1.82) is 0 Å². The van der Waals surface area contributed by atoms with E-state index in [-0.39, 0.29) is 18.4 Å². The van der Waals surface area contributed by atoms with Crippen LogP contribution in [0.1, 0.15) is 22.5 Å². The largest absolute Gasteiger partial charge is 0.355 e. The predicted molar refractivity (Wildman–Crippen MR) is 116 cm³/mol. The van der Waals surface area contributed by atoms with Crippen molar-refractivity contribution in [3.63, 3.8) is 0 Å². The summed E-state index contributed by atoms with van der Waals surface area (Å²) in [5.74, 6) is -0.310. The number of halogens is 1. The molecule has 0 saturated heterocycles. The van der Waals surface area contributed by atoms with Crippen molar-refractivity contribution in [3.05, 3.63) is 76.9 Å². The molecule has 0 aliphatic carbocycles. The summed E-state index contributed by atoms with van der Waals surface area (Å²) in [6.45, 7) is 1.68. The van der Waals surface area contributed by atoms with Crippen LogP contribution in [0.4, 0.5) is 0 Å². The lowest BCUT2D eigenvalue weighted by Gasteiger charge is -2.26. The highest BCUT2D eigenvalue weighted by atomic mass is 35.5. The van der Waals surface area contributed by atoms with Gasteiger partial charge in [-0.2, -0.15) is 5.10 Å². The molecule has 0 bridgehead atoms. The molecule has 0 spiro atoms. The third-order valence-corrected chi connectivity index (χ3v) is 5.40. The van der Waals surface area contributed by atoms with Crippen LogP contribution in [-0.4, -0.2) is 46.1 Å². The number of aromatic nitrogens is 2. The van der Waals surface area contributed by atoms with E-state index in [4.69, 9.17) is 11.6 Å². The Morgan fingerprint density at radius 1 is 1.07 bits per heavy atom. The molecule has 1 N–H and O–H groups in total. The number of hydrogen-bond acceptors (Lipinski definition) is 3. The molecule has 0 fully saturated rings. The fraction of sp³-hybridized carbons (Fsp3) is 0.261. The first-order valence-corrected chi connectivity index (χ1v) is 10.4. The van der Waals surface area contributed by atoms with Gasteiger partial charge in [0, 0.05) is 23.7 Å². The Labute approximate surface area is 180 Å². The second-order valence-corrected chi connectivity index (χ2v) is 7.75. The lowest BCUT2D eigenvalue weighted by molar-refractivity contribution is -0.121. The van der Waals surface area contributed by atoms with Crippen LogP contribution < -0.4 is 5.32 Å². The maximum absolute atomic E-state index is 12.8. The van der Waals surface area contributed by atoms with E-state index in [1.165, 1.54) is 5.56 Å². The molecule has 1 aromatic heterocycles. The molecule has 7 heteroatoms. The molecule has 154 valence electrons. The normalized spacial score (nSPS) is 13.2. The van der Waals surface area contributed by atoms with Gasteiger partial charge in [-0.25, -0.2) is 0 Å². The first-order valence-electron chi connectivity index (χ1n) is 10.0. The smallest absolute Gasteiger partial charge is 0.272 e.